The highest BCUT2D eigenvalue weighted by molar-refractivity contribution is 5.94. The van der Waals surface area contributed by atoms with Crippen molar-refractivity contribution in [3.63, 3.8) is 0 Å². The number of hydrogen-bond acceptors (Lipinski definition) is 3. The number of ether oxygens (including phenoxy) is 1. The lowest BCUT2D eigenvalue weighted by atomic mass is 10.1. The third-order valence-electron chi connectivity index (χ3n) is 3.70. The summed E-state index contributed by atoms with van der Waals surface area (Å²) >= 11 is 0. The van der Waals surface area contributed by atoms with Crippen molar-refractivity contribution in [1.82, 2.24) is 0 Å². The predicted molar refractivity (Wildman–Crippen MR) is 77.5 cm³/mol. The number of esters is 1. The largest absolute Gasteiger partial charge is 0.455 e. The minimum atomic E-state index is -0.290. The Balaban J connectivity index is 1.90. The molecule has 108 valence electrons. The van der Waals surface area contributed by atoms with Crippen LogP contribution in [0.3, 0.4) is 0 Å². The van der Waals surface area contributed by atoms with Gasteiger partial charge in [0.15, 0.2) is 6.61 Å². The van der Waals surface area contributed by atoms with E-state index in [1.54, 1.807) is 0 Å². The molecule has 0 radical (unpaired) electrons. The van der Waals surface area contributed by atoms with Gasteiger partial charge >= 0.3 is 5.97 Å². The first-order valence-electron chi connectivity index (χ1n) is 6.93. The molecule has 0 aliphatic heterocycles. The molecular formula is C16H21NO3. The van der Waals surface area contributed by atoms with Crippen molar-refractivity contribution in [2.24, 2.45) is 11.8 Å². The van der Waals surface area contributed by atoms with Crippen molar-refractivity contribution in [2.45, 2.75) is 34.1 Å². The third kappa shape index (κ3) is 3.38. The molecule has 1 amide bonds. The van der Waals surface area contributed by atoms with E-state index in [2.05, 4.69) is 5.32 Å². The number of carbonyl (C=O) groups is 2. The molecule has 2 rings (SSSR count). The summed E-state index contributed by atoms with van der Waals surface area (Å²) < 4.78 is 5.02. The van der Waals surface area contributed by atoms with Crippen LogP contribution in [0.4, 0.5) is 5.69 Å². The Labute approximate surface area is 119 Å². The Bertz CT molecular complexity index is 528. The van der Waals surface area contributed by atoms with Gasteiger partial charge in [-0.1, -0.05) is 24.6 Å². The molecule has 1 N–H and O–H groups in total. The fraction of sp³-hybridized carbons (Fsp3) is 0.500. The van der Waals surface area contributed by atoms with Crippen LogP contribution in [-0.4, -0.2) is 18.5 Å². The second-order valence-corrected chi connectivity index (χ2v) is 5.75. The zero-order chi connectivity index (χ0) is 14.9. The van der Waals surface area contributed by atoms with Crippen LogP contribution in [0.15, 0.2) is 12.1 Å². The van der Waals surface area contributed by atoms with E-state index >= 15 is 0 Å². The van der Waals surface area contributed by atoms with Crippen LogP contribution in [0.1, 0.15) is 30.0 Å². The molecule has 0 saturated heterocycles. The SMILES string of the molecule is Cc1cc(C)c(NC(=O)COC(=O)[C@@H]2C[C@H]2C)c(C)c1. The van der Waals surface area contributed by atoms with E-state index in [-0.39, 0.29) is 24.4 Å². The van der Waals surface area contributed by atoms with Gasteiger partial charge in [-0.25, -0.2) is 0 Å². The number of rotatable bonds is 4. The second-order valence-electron chi connectivity index (χ2n) is 5.75. The van der Waals surface area contributed by atoms with Gasteiger partial charge < -0.3 is 10.1 Å². The molecule has 1 fully saturated rings. The lowest BCUT2D eigenvalue weighted by molar-refractivity contribution is -0.148. The standard InChI is InChI=1S/C16H21NO3/c1-9-5-11(3)15(12(4)6-9)17-14(18)8-20-16(19)13-7-10(13)2/h5-6,10,13H,7-8H2,1-4H3,(H,17,18)/t10-,13-/m1/s1. The zero-order valence-corrected chi connectivity index (χ0v) is 12.4. The fourth-order valence-electron chi connectivity index (χ4n) is 2.45. The van der Waals surface area contributed by atoms with E-state index < -0.39 is 0 Å². The van der Waals surface area contributed by atoms with Crippen molar-refractivity contribution < 1.29 is 14.3 Å². The van der Waals surface area contributed by atoms with Crippen LogP contribution in [-0.2, 0) is 14.3 Å². The van der Waals surface area contributed by atoms with Crippen LogP contribution in [0, 0.1) is 32.6 Å². The quantitative estimate of drug-likeness (QED) is 0.860. The minimum Gasteiger partial charge on any atom is -0.455 e. The monoisotopic (exact) mass is 275 g/mol. The van der Waals surface area contributed by atoms with Gasteiger partial charge in [0.2, 0.25) is 0 Å². The molecule has 1 saturated carbocycles. The van der Waals surface area contributed by atoms with Gasteiger partial charge in [-0.05, 0) is 44.2 Å². The van der Waals surface area contributed by atoms with Gasteiger partial charge in [0.05, 0.1) is 5.92 Å². The Morgan fingerprint density at radius 1 is 1.25 bits per heavy atom. The lowest BCUT2D eigenvalue weighted by Crippen LogP contribution is -2.22. The number of nitrogens with one attached hydrogen (secondary N) is 1. The first-order valence-corrected chi connectivity index (χ1v) is 6.93. The Hall–Kier alpha value is -1.84. The molecule has 4 nitrogen and oxygen atoms in total. The highest BCUT2D eigenvalue weighted by Gasteiger charge is 2.40. The molecule has 0 unspecified atom stereocenters. The van der Waals surface area contributed by atoms with Crippen LogP contribution < -0.4 is 5.32 Å². The molecule has 20 heavy (non-hydrogen) atoms. The fourth-order valence-corrected chi connectivity index (χ4v) is 2.45. The zero-order valence-electron chi connectivity index (χ0n) is 12.4. The summed E-state index contributed by atoms with van der Waals surface area (Å²) in [6, 6.07) is 4.03. The molecule has 0 bridgehead atoms. The number of amides is 1. The van der Waals surface area contributed by atoms with E-state index in [4.69, 9.17) is 4.74 Å². The molecule has 4 heteroatoms. The van der Waals surface area contributed by atoms with Crippen molar-refractivity contribution in [3.05, 3.63) is 28.8 Å². The van der Waals surface area contributed by atoms with Gasteiger partial charge in [-0.15, -0.1) is 0 Å². The van der Waals surface area contributed by atoms with Crippen LogP contribution >= 0.6 is 0 Å². The van der Waals surface area contributed by atoms with Gasteiger partial charge in [-0.3, -0.25) is 9.59 Å². The number of anilines is 1. The lowest BCUT2D eigenvalue weighted by Gasteiger charge is -2.13. The number of carbonyl (C=O) groups excluding carboxylic acids is 2. The molecule has 1 aromatic carbocycles. The minimum absolute atomic E-state index is 0.00866. The van der Waals surface area contributed by atoms with E-state index in [1.165, 1.54) is 0 Å². The van der Waals surface area contributed by atoms with Crippen molar-refractivity contribution in [3.8, 4) is 0 Å². The normalized spacial score (nSPS) is 20.4. The molecular weight excluding hydrogens is 254 g/mol. The van der Waals surface area contributed by atoms with Crippen LogP contribution in [0.25, 0.3) is 0 Å². The maximum absolute atomic E-state index is 11.8. The first kappa shape index (κ1) is 14.6. The number of aryl methyl sites for hydroxylation is 3. The Kier molecular flexibility index (Phi) is 4.12. The molecule has 0 heterocycles. The summed E-state index contributed by atoms with van der Waals surface area (Å²) in [5, 5.41) is 2.82. The van der Waals surface area contributed by atoms with Crippen molar-refractivity contribution in [1.29, 1.82) is 0 Å². The maximum atomic E-state index is 11.8. The number of benzene rings is 1. The summed E-state index contributed by atoms with van der Waals surface area (Å²) in [6.07, 6.45) is 0.872. The van der Waals surface area contributed by atoms with Crippen molar-refractivity contribution >= 4 is 17.6 Å². The van der Waals surface area contributed by atoms with E-state index in [9.17, 15) is 9.59 Å². The van der Waals surface area contributed by atoms with E-state index in [0.717, 1.165) is 28.8 Å². The Morgan fingerprint density at radius 3 is 2.30 bits per heavy atom. The highest BCUT2D eigenvalue weighted by Crippen LogP contribution is 2.38. The Morgan fingerprint density at radius 2 is 1.80 bits per heavy atom. The van der Waals surface area contributed by atoms with E-state index in [1.807, 2.05) is 39.8 Å². The first-order chi connectivity index (χ1) is 9.38. The highest BCUT2D eigenvalue weighted by atomic mass is 16.5. The summed E-state index contributed by atoms with van der Waals surface area (Å²) in [4.78, 5) is 23.4. The van der Waals surface area contributed by atoms with Crippen LogP contribution in [0.5, 0.6) is 0 Å². The topological polar surface area (TPSA) is 55.4 Å². The van der Waals surface area contributed by atoms with Gasteiger partial charge in [0.1, 0.15) is 0 Å². The molecule has 1 aliphatic rings. The van der Waals surface area contributed by atoms with Crippen molar-refractivity contribution in [2.75, 3.05) is 11.9 Å². The maximum Gasteiger partial charge on any atom is 0.309 e. The molecule has 1 aromatic rings. The summed E-state index contributed by atoms with van der Waals surface area (Å²) in [5.74, 6) is -0.162. The van der Waals surface area contributed by atoms with Gasteiger partial charge in [0.25, 0.3) is 5.91 Å². The molecule has 0 spiro atoms. The predicted octanol–water partition coefficient (Wildman–Crippen LogP) is 2.75. The molecule has 2 atom stereocenters. The van der Waals surface area contributed by atoms with Gasteiger partial charge in [-0.2, -0.15) is 0 Å². The summed E-state index contributed by atoms with van der Waals surface area (Å²) in [7, 11) is 0. The van der Waals surface area contributed by atoms with E-state index in [0.29, 0.717) is 5.92 Å². The summed E-state index contributed by atoms with van der Waals surface area (Å²) in [5.41, 5.74) is 3.99. The molecule has 1 aliphatic carbocycles. The average molecular weight is 275 g/mol. The van der Waals surface area contributed by atoms with Gasteiger partial charge in [0, 0.05) is 5.69 Å². The summed E-state index contributed by atoms with van der Waals surface area (Å²) in [6.45, 7) is 7.71. The third-order valence-corrected chi connectivity index (χ3v) is 3.70. The molecule has 0 aromatic heterocycles. The van der Waals surface area contributed by atoms with Crippen LogP contribution in [0.2, 0.25) is 0 Å². The smallest absolute Gasteiger partial charge is 0.309 e. The number of hydrogen-bond donors (Lipinski definition) is 1. The second kappa shape index (κ2) is 5.65. The average Bonchev–Trinajstić information content (AvgIpc) is 3.08.